The van der Waals surface area contributed by atoms with Gasteiger partial charge in [-0.2, -0.15) is 4.98 Å². The van der Waals surface area contributed by atoms with Crippen LogP contribution in [0.4, 0.5) is 0 Å². The van der Waals surface area contributed by atoms with Crippen LogP contribution in [0.5, 0.6) is 0 Å². The first kappa shape index (κ1) is 14.6. The molecule has 3 rings (SSSR count). The molecule has 0 amide bonds. The van der Waals surface area contributed by atoms with Crippen LogP contribution in [0.15, 0.2) is 33.7 Å². The molecule has 112 valence electrons. The third-order valence-corrected chi connectivity index (χ3v) is 4.57. The number of aryl methyl sites for hydroxylation is 1. The smallest absolute Gasteiger partial charge is 0.259 e. The van der Waals surface area contributed by atoms with Crippen molar-refractivity contribution >= 4 is 11.8 Å². The summed E-state index contributed by atoms with van der Waals surface area (Å²) in [6.07, 6.45) is 1.57. The molecule has 1 aromatic carbocycles. The molecule has 21 heavy (non-hydrogen) atoms. The maximum atomic E-state index is 10.5. The summed E-state index contributed by atoms with van der Waals surface area (Å²) in [7, 11) is 0. The number of nitrogens with zero attached hydrogens (tertiary/aromatic N) is 2. The Hall–Kier alpha value is -1.37. The largest absolute Gasteiger partial charge is 0.379 e. The summed E-state index contributed by atoms with van der Waals surface area (Å²) in [4.78, 5) is 5.53. The van der Waals surface area contributed by atoms with E-state index in [1.54, 1.807) is 11.8 Å². The van der Waals surface area contributed by atoms with Gasteiger partial charge < -0.3 is 14.9 Å². The van der Waals surface area contributed by atoms with Gasteiger partial charge >= 0.3 is 0 Å². The molecular weight excluding hydrogens is 286 g/mol. The van der Waals surface area contributed by atoms with Gasteiger partial charge in [-0.15, -0.1) is 11.8 Å². The molecule has 1 fully saturated rings. The summed E-state index contributed by atoms with van der Waals surface area (Å²) in [6, 6.07) is 8.30. The van der Waals surface area contributed by atoms with Gasteiger partial charge in [-0.25, -0.2) is 0 Å². The second kappa shape index (κ2) is 6.17. The predicted molar refractivity (Wildman–Crippen MR) is 81.0 cm³/mol. The Morgan fingerprint density at radius 3 is 3.14 bits per heavy atom. The summed E-state index contributed by atoms with van der Waals surface area (Å²) >= 11 is 1.66. The fourth-order valence-electron chi connectivity index (χ4n) is 2.43. The quantitative estimate of drug-likeness (QED) is 0.844. The minimum Gasteiger partial charge on any atom is -0.379 e. The maximum Gasteiger partial charge on any atom is 0.259 e. The molecule has 5 nitrogen and oxygen atoms in total. The van der Waals surface area contributed by atoms with E-state index in [2.05, 4.69) is 40.6 Å². The van der Waals surface area contributed by atoms with Crippen LogP contribution < -0.4 is 5.32 Å². The Kier molecular flexibility index (Phi) is 4.28. The molecular formula is C15H19N3O2S. The molecule has 1 atom stereocenters. The van der Waals surface area contributed by atoms with Crippen LogP contribution in [0.3, 0.4) is 0 Å². The molecule has 1 aromatic heterocycles. The van der Waals surface area contributed by atoms with Gasteiger partial charge in [0.25, 0.3) is 5.89 Å². The lowest BCUT2D eigenvalue weighted by Crippen LogP contribution is -2.43. The highest BCUT2D eigenvalue weighted by molar-refractivity contribution is 7.98. The summed E-state index contributed by atoms with van der Waals surface area (Å²) < 4.78 is 5.25. The summed E-state index contributed by atoms with van der Waals surface area (Å²) in [5.74, 6) is 1.58. The first-order valence-electron chi connectivity index (χ1n) is 7.11. The lowest BCUT2D eigenvalue weighted by molar-refractivity contribution is -0.0167. The van der Waals surface area contributed by atoms with Crippen molar-refractivity contribution in [3.8, 4) is 0 Å². The highest BCUT2D eigenvalue weighted by atomic mass is 32.2. The average Bonchev–Trinajstić information content (AvgIpc) is 2.96. The fourth-order valence-corrected chi connectivity index (χ4v) is 3.28. The number of hydrogen-bond acceptors (Lipinski definition) is 6. The van der Waals surface area contributed by atoms with E-state index in [1.165, 1.54) is 10.5 Å². The molecule has 1 unspecified atom stereocenters. The number of piperidine rings is 1. The Balaban J connectivity index is 1.65. The second-order valence-corrected chi connectivity index (χ2v) is 6.48. The number of thioether (sulfide) groups is 1. The molecule has 0 spiro atoms. The van der Waals surface area contributed by atoms with E-state index in [-0.39, 0.29) is 0 Å². The number of hydrogen-bond donors (Lipinski definition) is 2. The van der Waals surface area contributed by atoms with Crippen LogP contribution in [-0.4, -0.2) is 28.3 Å². The lowest BCUT2D eigenvalue weighted by Gasteiger charge is -2.28. The van der Waals surface area contributed by atoms with Gasteiger partial charge in [0.2, 0.25) is 0 Å². The van der Waals surface area contributed by atoms with Gasteiger partial charge in [-0.1, -0.05) is 22.9 Å². The van der Waals surface area contributed by atoms with E-state index < -0.39 is 5.60 Å². The Labute approximate surface area is 128 Å². The van der Waals surface area contributed by atoms with Gasteiger partial charge in [-0.05, 0) is 38.4 Å². The topological polar surface area (TPSA) is 71.2 Å². The second-order valence-electron chi connectivity index (χ2n) is 5.43. The molecule has 0 radical (unpaired) electrons. The van der Waals surface area contributed by atoms with Crippen LogP contribution in [0, 0.1) is 6.92 Å². The number of β-amino-alcohol motifs (C(OH)–C–C–N with tert-alkyl or cyclic N) is 1. The van der Waals surface area contributed by atoms with Gasteiger partial charge in [0.15, 0.2) is 11.4 Å². The molecule has 1 aliphatic rings. The minimum absolute atomic E-state index is 0.328. The predicted octanol–water partition coefficient (Wildman–Crippen LogP) is 2.24. The lowest BCUT2D eigenvalue weighted by atomic mass is 9.94. The molecule has 0 aliphatic carbocycles. The third-order valence-electron chi connectivity index (χ3n) is 3.59. The number of aromatic nitrogens is 2. The highest BCUT2D eigenvalue weighted by Gasteiger charge is 2.36. The van der Waals surface area contributed by atoms with Gasteiger partial charge in [0.05, 0.1) is 5.75 Å². The zero-order chi connectivity index (χ0) is 14.7. The van der Waals surface area contributed by atoms with Crippen molar-refractivity contribution in [2.75, 3.05) is 13.1 Å². The van der Waals surface area contributed by atoms with Crippen molar-refractivity contribution in [2.24, 2.45) is 0 Å². The summed E-state index contributed by atoms with van der Waals surface area (Å²) in [6.45, 7) is 3.47. The third kappa shape index (κ3) is 3.45. The minimum atomic E-state index is -1.02. The standard InChI is InChI=1S/C15H19N3O2S/c1-11-4-2-5-12(8-11)21-9-13-17-14(20-18-13)15(19)6-3-7-16-10-15/h2,4-5,8,16,19H,3,6-7,9-10H2,1H3. The van der Waals surface area contributed by atoms with Crippen molar-refractivity contribution in [1.82, 2.24) is 15.5 Å². The van der Waals surface area contributed by atoms with Crippen LogP contribution in [0.2, 0.25) is 0 Å². The summed E-state index contributed by atoms with van der Waals surface area (Å²) in [5, 5.41) is 17.7. The monoisotopic (exact) mass is 305 g/mol. The average molecular weight is 305 g/mol. The van der Waals surface area contributed by atoms with Gasteiger partial charge in [0, 0.05) is 11.4 Å². The first-order valence-corrected chi connectivity index (χ1v) is 8.10. The van der Waals surface area contributed by atoms with Gasteiger partial charge in [-0.3, -0.25) is 0 Å². The Morgan fingerprint density at radius 2 is 2.38 bits per heavy atom. The van der Waals surface area contributed by atoms with Crippen LogP contribution >= 0.6 is 11.8 Å². The van der Waals surface area contributed by atoms with E-state index in [9.17, 15) is 5.11 Å². The molecule has 2 heterocycles. The Bertz CT molecular complexity index is 608. The van der Waals surface area contributed by atoms with Crippen molar-refractivity contribution in [3.63, 3.8) is 0 Å². The van der Waals surface area contributed by atoms with E-state index in [0.29, 0.717) is 30.4 Å². The van der Waals surface area contributed by atoms with Crippen molar-refractivity contribution in [2.45, 2.75) is 36.0 Å². The van der Waals surface area contributed by atoms with Gasteiger partial charge in [0.1, 0.15) is 0 Å². The summed E-state index contributed by atoms with van der Waals surface area (Å²) in [5.41, 5.74) is 0.216. The van der Waals surface area contributed by atoms with Crippen molar-refractivity contribution in [3.05, 3.63) is 41.5 Å². The molecule has 2 N–H and O–H groups in total. The maximum absolute atomic E-state index is 10.5. The fraction of sp³-hybridized carbons (Fsp3) is 0.467. The zero-order valence-electron chi connectivity index (χ0n) is 12.0. The Morgan fingerprint density at radius 1 is 1.48 bits per heavy atom. The first-order chi connectivity index (χ1) is 10.2. The van der Waals surface area contributed by atoms with Crippen LogP contribution in [0.25, 0.3) is 0 Å². The molecule has 0 bridgehead atoms. The van der Waals surface area contributed by atoms with Crippen LogP contribution in [-0.2, 0) is 11.4 Å². The SMILES string of the molecule is Cc1cccc(SCc2noc(C3(O)CCCNC3)n2)c1. The number of rotatable bonds is 4. The van der Waals surface area contributed by atoms with Crippen molar-refractivity contribution < 1.29 is 9.63 Å². The molecule has 1 saturated heterocycles. The van der Waals surface area contributed by atoms with Crippen LogP contribution in [0.1, 0.15) is 30.1 Å². The molecule has 6 heteroatoms. The zero-order valence-corrected chi connectivity index (χ0v) is 12.8. The van der Waals surface area contributed by atoms with Crippen molar-refractivity contribution in [1.29, 1.82) is 0 Å². The highest BCUT2D eigenvalue weighted by Crippen LogP contribution is 2.28. The molecule has 2 aromatic rings. The van der Waals surface area contributed by atoms with E-state index in [0.717, 1.165) is 13.0 Å². The normalized spacial score (nSPS) is 22.4. The number of nitrogens with one attached hydrogen (secondary N) is 1. The number of aliphatic hydroxyl groups is 1. The van der Waals surface area contributed by atoms with E-state index in [4.69, 9.17) is 4.52 Å². The van der Waals surface area contributed by atoms with E-state index in [1.807, 2.05) is 6.07 Å². The number of benzene rings is 1. The molecule has 1 aliphatic heterocycles. The molecule has 0 saturated carbocycles. The van der Waals surface area contributed by atoms with E-state index >= 15 is 0 Å².